The van der Waals surface area contributed by atoms with Crippen LogP contribution >= 0.6 is 0 Å². The van der Waals surface area contributed by atoms with Gasteiger partial charge in [-0.1, -0.05) is 0 Å². The average molecular weight is 336 g/mol. The van der Waals surface area contributed by atoms with E-state index >= 15 is 0 Å². The highest BCUT2D eigenvalue weighted by Gasteiger charge is 2.31. The molecular formula is C14H23F3N4O2. The van der Waals surface area contributed by atoms with Crippen molar-refractivity contribution in [2.45, 2.75) is 52.6 Å². The van der Waals surface area contributed by atoms with Gasteiger partial charge in [-0.15, -0.1) is 0 Å². The molecule has 0 spiro atoms. The minimum atomic E-state index is -4.36. The molecule has 0 aliphatic carbocycles. The standard InChI is InChI=1S/C14H23F3N4O2/c1-8(22)6-20(5)13(23)18-9(2)12-10(3)19-21(11(12)4)7-14(15,16)17/h8-9,22H,6-7H2,1-5H3,(H,18,23)/t8-,9-/m1/s1. The van der Waals surface area contributed by atoms with Crippen LogP contribution in [0.1, 0.15) is 36.8 Å². The van der Waals surface area contributed by atoms with E-state index in [1.807, 2.05) is 0 Å². The fourth-order valence-corrected chi connectivity index (χ4v) is 2.51. The maximum Gasteiger partial charge on any atom is 0.408 e. The van der Waals surface area contributed by atoms with E-state index in [2.05, 4.69) is 10.4 Å². The van der Waals surface area contributed by atoms with Crippen molar-refractivity contribution in [2.75, 3.05) is 13.6 Å². The number of nitrogens with zero attached hydrogens (tertiary/aromatic N) is 3. The number of hydrogen-bond donors (Lipinski definition) is 2. The Kier molecular flexibility index (Phi) is 6.04. The number of aromatic nitrogens is 2. The van der Waals surface area contributed by atoms with E-state index in [9.17, 15) is 23.1 Å². The highest BCUT2D eigenvalue weighted by Crippen LogP contribution is 2.25. The number of hydrogen-bond acceptors (Lipinski definition) is 3. The zero-order valence-corrected chi connectivity index (χ0v) is 13.9. The molecule has 23 heavy (non-hydrogen) atoms. The molecule has 132 valence electrons. The van der Waals surface area contributed by atoms with Gasteiger partial charge in [0.2, 0.25) is 0 Å². The maximum absolute atomic E-state index is 12.5. The number of halogens is 3. The van der Waals surface area contributed by atoms with Crippen molar-refractivity contribution in [1.82, 2.24) is 20.0 Å². The number of likely N-dealkylation sites (N-methyl/N-ethyl adjacent to an activating group) is 1. The number of carbonyl (C=O) groups excluding carboxylic acids is 1. The van der Waals surface area contributed by atoms with E-state index in [1.54, 1.807) is 27.7 Å². The molecule has 2 N–H and O–H groups in total. The lowest BCUT2D eigenvalue weighted by atomic mass is 10.1. The first kappa shape index (κ1) is 19.3. The number of amides is 2. The quantitative estimate of drug-likeness (QED) is 0.865. The topological polar surface area (TPSA) is 70.4 Å². The molecule has 6 nitrogen and oxygen atoms in total. The van der Waals surface area contributed by atoms with Crippen molar-refractivity contribution >= 4 is 6.03 Å². The van der Waals surface area contributed by atoms with E-state index in [0.29, 0.717) is 17.0 Å². The summed E-state index contributed by atoms with van der Waals surface area (Å²) in [4.78, 5) is 13.3. The van der Waals surface area contributed by atoms with Gasteiger partial charge in [0.15, 0.2) is 0 Å². The van der Waals surface area contributed by atoms with Crippen LogP contribution in [0.25, 0.3) is 0 Å². The third-order valence-corrected chi connectivity index (χ3v) is 3.42. The van der Waals surface area contributed by atoms with Crippen LogP contribution in [-0.4, -0.2) is 51.7 Å². The molecule has 0 aromatic carbocycles. The first-order valence-electron chi connectivity index (χ1n) is 7.22. The lowest BCUT2D eigenvalue weighted by Crippen LogP contribution is -2.41. The number of nitrogens with one attached hydrogen (secondary N) is 1. The van der Waals surface area contributed by atoms with E-state index in [-0.39, 0.29) is 6.54 Å². The van der Waals surface area contributed by atoms with Gasteiger partial charge in [0.25, 0.3) is 0 Å². The number of aryl methyl sites for hydroxylation is 1. The van der Waals surface area contributed by atoms with Gasteiger partial charge in [-0.3, -0.25) is 4.68 Å². The van der Waals surface area contributed by atoms with Gasteiger partial charge in [-0.25, -0.2) is 4.79 Å². The summed E-state index contributed by atoms with van der Waals surface area (Å²) < 4.78 is 38.5. The van der Waals surface area contributed by atoms with Crippen molar-refractivity contribution in [2.24, 2.45) is 0 Å². The molecule has 0 saturated heterocycles. The molecular weight excluding hydrogens is 313 g/mol. The zero-order chi connectivity index (χ0) is 17.9. The molecule has 1 heterocycles. The predicted molar refractivity (Wildman–Crippen MR) is 79.0 cm³/mol. The van der Waals surface area contributed by atoms with Crippen molar-refractivity contribution in [1.29, 1.82) is 0 Å². The third kappa shape index (κ3) is 5.42. The predicted octanol–water partition coefficient (Wildman–Crippen LogP) is 2.15. The minimum Gasteiger partial charge on any atom is -0.392 e. The van der Waals surface area contributed by atoms with Crippen LogP contribution in [0.2, 0.25) is 0 Å². The second-order valence-electron chi connectivity index (χ2n) is 5.76. The number of alkyl halides is 3. The normalized spacial score (nSPS) is 14.5. The first-order valence-corrected chi connectivity index (χ1v) is 7.22. The number of urea groups is 1. The van der Waals surface area contributed by atoms with Crippen LogP contribution in [-0.2, 0) is 6.54 Å². The largest absolute Gasteiger partial charge is 0.408 e. The van der Waals surface area contributed by atoms with Crippen molar-refractivity contribution in [3.63, 3.8) is 0 Å². The molecule has 0 aliphatic rings. The van der Waals surface area contributed by atoms with Crippen molar-refractivity contribution in [3.05, 3.63) is 17.0 Å². The molecule has 0 bridgehead atoms. The fraction of sp³-hybridized carbons (Fsp3) is 0.714. The van der Waals surface area contributed by atoms with Crippen LogP contribution < -0.4 is 5.32 Å². The van der Waals surface area contributed by atoms with Crippen LogP contribution in [0.3, 0.4) is 0 Å². The Morgan fingerprint density at radius 2 is 1.96 bits per heavy atom. The van der Waals surface area contributed by atoms with E-state index in [0.717, 1.165) is 4.68 Å². The molecule has 9 heteroatoms. The molecule has 0 fully saturated rings. The summed E-state index contributed by atoms with van der Waals surface area (Å²) in [5.41, 5.74) is 1.37. The summed E-state index contributed by atoms with van der Waals surface area (Å²) in [5, 5.41) is 15.9. The molecule has 0 unspecified atom stereocenters. The Morgan fingerprint density at radius 3 is 2.43 bits per heavy atom. The number of rotatable bonds is 5. The summed E-state index contributed by atoms with van der Waals surface area (Å²) in [6.07, 6.45) is -5.02. The fourth-order valence-electron chi connectivity index (χ4n) is 2.51. The highest BCUT2D eigenvalue weighted by molar-refractivity contribution is 5.74. The summed E-state index contributed by atoms with van der Waals surface area (Å²) in [6, 6.07) is -0.915. The smallest absolute Gasteiger partial charge is 0.392 e. The van der Waals surface area contributed by atoms with Gasteiger partial charge in [0.1, 0.15) is 6.54 Å². The van der Waals surface area contributed by atoms with Crippen molar-refractivity contribution in [3.8, 4) is 0 Å². The molecule has 0 radical (unpaired) electrons. The Balaban J connectivity index is 2.88. The molecule has 1 aromatic rings. The van der Waals surface area contributed by atoms with Gasteiger partial charge in [-0.2, -0.15) is 18.3 Å². The van der Waals surface area contributed by atoms with Crippen LogP contribution in [0.15, 0.2) is 0 Å². The number of aliphatic hydroxyl groups is 1. The van der Waals surface area contributed by atoms with E-state index in [4.69, 9.17) is 0 Å². The molecule has 1 rings (SSSR count). The van der Waals surface area contributed by atoms with Gasteiger partial charge in [0, 0.05) is 24.8 Å². The second-order valence-corrected chi connectivity index (χ2v) is 5.76. The Morgan fingerprint density at radius 1 is 1.39 bits per heavy atom. The van der Waals surface area contributed by atoms with E-state index in [1.165, 1.54) is 11.9 Å². The summed E-state index contributed by atoms with van der Waals surface area (Å²) in [5.74, 6) is 0. The number of carbonyl (C=O) groups is 1. The molecule has 0 saturated carbocycles. The zero-order valence-electron chi connectivity index (χ0n) is 13.9. The van der Waals surface area contributed by atoms with Crippen LogP contribution in [0.4, 0.5) is 18.0 Å². The molecule has 0 aliphatic heterocycles. The average Bonchev–Trinajstić information content (AvgIpc) is 2.61. The van der Waals surface area contributed by atoms with Crippen LogP contribution in [0, 0.1) is 13.8 Å². The number of aliphatic hydroxyl groups excluding tert-OH is 1. The minimum absolute atomic E-state index is 0.157. The monoisotopic (exact) mass is 336 g/mol. The Labute approximate surface area is 133 Å². The Hall–Kier alpha value is -1.77. The molecule has 2 atom stereocenters. The van der Waals surface area contributed by atoms with Crippen LogP contribution in [0.5, 0.6) is 0 Å². The van der Waals surface area contributed by atoms with Gasteiger partial charge < -0.3 is 15.3 Å². The lowest BCUT2D eigenvalue weighted by Gasteiger charge is -2.22. The van der Waals surface area contributed by atoms with Crippen molar-refractivity contribution < 1.29 is 23.1 Å². The van der Waals surface area contributed by atoms with Gasteiger partial charge in [-0.05, 0) is 27.7 Å². The summed E-state index contributed by atoms with van der Waals surface area (Å²) in [6.45, 7) is 5.39. The van der Waals surface area contributed by atoms with E-state index < -0.39 is 30.9 Å². The van der Waals surface area contributed by atoms with Gasteiger partial charge >= 0.3 is 12.2 Å². The first-order chi connectivity index (χ1) is 10.4. The second kappa shape index (κ2) is 7.20. The Bertz CT molecular complexity index is 555. The molecule has 1 aromatic heterocycles. The van der Waals surface area contributed by atoms with Gasteiger partial charge in [0.05, 0.1) is 17.8 Å². The maximum atomic E-state index is 12.5. The SMILES string of the molecule is Cc1nn(CC(F)(F)F)c(C)c1[C@@H](C)NC(=O)N(C)C[C@@H](C)O. The third-order valence-electron chi connectivity index (χ3n) is 3.42. The highest BCUT2D eigenvalue weighted by atomic mass is 19.4. The lowest BCUT2D eigenvalue weighted by molar-refractivity contribution is -0.143. The molecule has 2 amide bonds. The summed E-state index contributed by atoms with van der Waals surface area (Å²) in [7, 11) is 1.53. The summed E-state index contributed by atoms with van der Waals surface area (Å²) >= 11 is 0.